The molecule has 0 radical (unpaired) electrons. The Morgan fingerprint density at radius 1 is 0.942 bits per heavy atom. The maximum Gasteiger partial charge on any atom is 0.272 e. The number of nitrogens with zero attached hydrogens (tertiary/aromatic N) is 6. The van der Waals surface area contributed by atoms with Crippen LogP contribution in [0.1, 0.15) is 72.2 Å². The number of anilines is 2. The van der Waals surface area contributed by atoms with E-state index < -0.39 is 5.91 Å². The second kappa shape index (κ2) is 14.8. The summed E-state index contributed by atoms with van der Waals surface area (Å²) in [6.45, 7) is 5.45. The molecule has 7 N–H and O–H groups in total. The van der Waals surface area contributed by atoms with Crippen LogP contribution in [0.2, 0.25) is 0 Å². The highest BCUT2D eigenvalue weighted by atomic mass is 16.2. The van der Waals surface area contributed by atoms with Gasteiger partial charge in [0.25, 0.3) is 17.7 Å². The monoisotopic (exact) mass is 709 g/mol. The Kier molecular flexibility index (Phi) is 10.2. The van der Waals surface area contributed by atoms with Crippen LogP contribution in [-0.2, 0) is 16.1 Å². The SMILES string of the molecule is CC.CN(C)C(=O)c1cccc(C(=O)N2CC(n3ncc4c3CN(C)c3c(NC(/C=C(\N)NC(=O)C5CC5)=C(/N)C(=O)NC5CC5)cccc3-4)C2)n1. The van der Waals surface area contributed by atoms with E-state index in [-0.39, 0.29) is 64.3 Å². The van der Waals surface area contributed by atoms with Gasteiger partial charge in [0.1, 0.15) is 22.9 Å². The number of hydrogen-bond acceptors (Lipinski definition) is 10. The molecule has 2 saturated carbocycles. The first-order chi connectivity index (χ1) is 25.0. The van der Waals surface area contributed by atoms with Gasteiger partial charge in [-0.1, -0.05) is 32.0 Å². The van der Waals surface area contributed by atoms with Gasteiger partial charge in [-0.3, -0.25) is 23.9 Å². The Balaban J connectivity index is 0.00000228. The molecule has 3 fully saturated rings. The van der Waals surface area contributed by atoms with Gasteiger partial charge in [0.05, 0.1) is 41.5 Å². The topological polar surface area (TPSA) is 197 Å². The number of carbonyl (C=O) groups excluding carboxylic acids is 4. The summed E-state index contributed by atoms with van der Waals surface area (Å²) in [4.78, 5) is 60.6. The molecule has 0 atom stereocenters. The van der Waals surface area contributed by atoms with Crippen LogP contribution in [0.25, 0.3) is 11.1 Å². The molecule has 0 bridgehead atoms. The van der Waals surface area contributed by atoms with E-state index in [1.165, 1.54) is 11.0 Å². The lowest BCUT2D eigenvalue weighted by Crippen LogP contribution is -2.51. The van der Waals surface area contributed by atoms with E-state index in [0.717, 1.165) is 48.2 Å². The molecule has 3 aromatic rings. The fourth-order valence-electron chi connectivity index (χ4n) is 6.22. The average Bonchev–Trinajstić information content (AvgIpc) is 4.06. The summed E-state index contributed by atoms with van der Waals surface area (Å²) in [6, 6.07) is 10.8. The van der Waals surface area contributed by atoms with E-state index in [0.29, 0.717) is 25.3 Å². The van der Waals surface area contributed by atoms with Crippen LogP contribution in [0, 0.1) is 5.92 Å². The van der Waals surface area contributed by atoms with Crippen molar-refractivity contribution in [2.75, 3.05) is 44.4 Å². The summed E-state index contributed by atoms with van der Waals surface area (Å²) in [6.07, 6.45) is 6.80. The van der Waals surface area contributed by atoms with Crippen LogP contribution in [-0.4, -0.2) is 88.5 Å². The summed E-state index contributed by atoms with van der Waals surface area (Å²) in [7, 11) is 5.26. The van der Waals surface area contributed by atoms with Crippen LogP contribution in [0.15, 0.2) is 65.9 Å². The molecule has 15 nitrogen and oxygen atoms in total. The molecule has 2 aromatic heterocycles. The summed E-state index contributed by atoms with van der Waals surface area (Å²) in [5.41, 5.74) is 17.8. The standard InChI is InChI=1S/C35H41N11O4.C2H6/c1-43(2)34(49)25-8-5-9-26(41-25)35(50)45-16-21(17-45)46-28-18-44(3)31-22(23(28)15-38-46)6-4-7-24(31)40-27(30(37)33(48)39-20-12-13-20)14-29(36)42-32(47)19-10-11-19;1-2/h4-9,14-15,19-21,40H,10-13,16-18,36-37H2,1-3H3,(H,39,48)(H,42,47);1-2H3/b29-14+,30-27+;. The summed E-state index contributed by atoms with van der Waals surface area (Å²) >= 11 is 0. The molecular weight excluding hydrogens is 662 g/mol. The minimum atomic E-state index is -0.409. The fraction of sp³-hybridized carbons (Fsp3) is 0.405. The first-order valence-electron chi connectivity index (χ1n) is 17.7. The Morgan fingerprint density at radius 2 is 1.63 bits per heavy atom. The van der Waals surface area contributed by atoms with Crippen LogP contribution in [0.5, 0.6) is 0 Å². The normalized spacial score (nSPS) is 17.0. The molecule has 52 heavy (non-hydrogen) atoms. The van der Waals surface area contributed by atoms with Crippen LogP contribution in [0.4, 0.5) is 11.4 Å². The second-order valence-corrected chi connectivity index (χ2v) is 13.5. The minimum Gasteiger partial charge on any atom is -0.393 e. The summed E-state index contributed by atoms with van der Waals surface area (Å²) < 4.78 is 1.98. The van der Waals surface area contributed by atoms with Gasteiger partial charge < -0.3 is 42.1 Å². The van der Waals surface area contributed by atoms with Gasteiger partial charge in [0.15, 0.2) is 0 Å². The molecule has 0 unspecified atom stereocenters. The number of para-hydroxylation sites is 1. The van der Waals surface area contributed by atoms with Crippen molar-refractivity contribution in [3.8, 4) is 11.1 Å². The smallest absolute Gasteiger partial charge is 0.272 e. The first-order valence-corrected chi connectivity index (χ1v) is 17.7. The van der Waals surface area contributed by atoms with Crippen LogP contribution < -0.4 is 32.3 Å². The zero-order chi connectivity index (χ0) is 37.3. The zero-order valence-electron chi connectivity index (χ0n) is 30.3. The Morgan fingerprint density at radius 3 is 2.31 bits per heavy atom. The van der Waals surface area contributed by atoms with Gasteiger partial charge in [-0.15, -0.1) is 0 Å². The molecule has 7 rings (SSSR count). The molecule has 2 aliphatic heterocycles. The predicted octanol–water partition coefficient (Wildman–Crippen LogP) is 2.51. The van der Waals surface area contributed by atoms with E-state index in [1.807, 2.05) is 50.0 Å². The number of allylic oxidation sites excluding steroid dienone is 1. The minimum absolute atomic E-state index is 0.0242. The number of nitrogens with two attached hydrogens (primary N) is 2. The molecular formula is C37H47N11O4. The third-order valence-corrected chi connectivity index (χ3v) is 9.31. The van der Waals surface area contributed by atoms with Crippen LogP contribution >= 0.6 is 0 Å². The van der Waals surface area contributed by atoms with E-state index in [1.54, 1.807) is 37.2 Å². The maximum absolute atomic E-state index is 13.2. The van der Waals surface area contributed by atoms with E-state index in [4.69, 9.17) is 16.6 Å². The molecule has 0 spiro atoms. The van der Waals surface area contributed by atoms with Crippen molar-refractivity contribution in [3.63, 3.8) is 0 Å². The third-order valence-electron chi connectivity index (χ3n) is 9.31. The molecule has 15 heteroatoms. The fourth-order valence-corrected chi connectivity index (χ4v) is 6.22. The summed E-state index contributed by atoms with van der Waals surface area (Å²) in [5, 5.41) is 13.7. The molecule has 1 aromatic carbocycles. The lowest BCUT2D eigenvalue weighted by Gasteiger charge is -2.40. The highest BCUT2D eigenvalue weighted by Crippen LogP contribution is 2.44. The molecule has 274 valence electrons. The number of fused-ring (bicyclic) bond motifs is 3. The van der Waals surface area contributed by atoms with Crippen molar-refractivity contribution < 1.29 is 19.2 Å². The molecule has 2 aliphatic carbocycles. The quantitative estimate of drug-likeness (QED) is 0.154. The average molecular weight is 710 g/mol. The van der Waals surface area contributed by atoms with Gasteiger partial charge in [-0.2, -0.15) is 5.10 Å². The van der Waals surface area contributed by atoms with Crippen molar-refractivity contribution >= 4 is 35.0 Å². The first kappa shape index (κ1) is 35.9. The lowest BCUT2D eigenvalue weighted by atomic mass is 9.97. The van der Waals surface area contributed by atoms with Crippen LogP contribution in [0.3, 0.4) is 0 Å². The van der Waals surface area contributed by atoms with Gasteiger partial charge >= 0.3 is 0 Å². The highest BCUT2D eigenvalue weighted by molar-refractivity contribution is 5.97. The third kappa shape index (κ3) is 7.43. The van der Waals surface area contributed by atoms with Crippen molar-refractivity contribution in [3.05, 3.63) is 83.0 Å². The second-order valence-electron chi connectivity index (χ2n) is 13.5. The number of amides is 4. The van der Waals surface area contributed by atoms with Crippen molar-refractivity contribution in [2.24, 2.45) is 17.4 Å². The highest BCUT2D eigenvalue weighted by Gasteiger charge is 2.37. The Hall–Kier alpha value is -5.86. The van der Waals surface area contributed by atoms with E-state index in [9.17, 15) is 19.2 Å². The van der Waals surface area contributed by atoms with Gasteiger partial charge in [0, 0.05) is 63.4 Å². The zero-order valence-corrected chi connectivity index (χ0v) is 30.3. The predicted molar refractivity (Wildman–Crippen MR) is 197 cm³/mol. The maximum atomic E-state index is 13.2. The number of nitrogens with one attached hydrogen (secondary N) is 3. The lowest BCUT2D eigenvalue weighted by molar-refractivity contribution is -0.121. The summed E-state index contributed by atoms with van der Waals surface area (Å²) in [5.74, 6) is -1.01. The number of likely N-dealkylation sites (tertiary alicyclic amines) is 1. The molecule has 1 saturated heterocycles. The number of carbonyl (C=O) groups is 4. The van der Waals surface area contributed by atoms with Crippen molar-refractivity contribution in [1.29, 1.82) is 0 Å². The van der Waals surface area contributed by atoms with Gasteiger partial charge in [-0.25, -0.2) is 4.98 Å². The van der Waals surface area contributed by atoms with E-state index >= 15 is 0 Å². The van der Waals surface area contributed by atoms with Crippen molar-refractivity contribution in [1.82, 2.24) is 35.2 Å². The number of aromatic nitrogens is 3. The Bertz CT molecular complexity index is 1950. The number of rotatable bonds is 10. The number of pyridine rings is 1. The van der Waals surface area contributed by atoms with Gasteiger partial charge in [-0.05, 0) is 43.9 Å². The van der Waals surface area contributed by atoms with E-state index in [2.05, 4.69) is 25.8 Å². The van der Waals surface area contributed by atoms with Crippen molar-refractivity contribution in [2.45, 2.75) is 58.2 Å². The largest absolute Gasteiger partial charge is 0.393 e. The molecule has 4 heterocycles. The molecule has 4 amide bonds. The van der Waals surface area contributed by atoms with Gasteiger partial charge in [0.2, 0.25) is 5.91 Å². The molecule has 4 aliphatic rings. The number of hydrogen-bond donors (Lipinski definition) is 5. The number of benzene rings is 1. The Labute approximate surface area is 303 Å².